The Balaban J connectivity index is 1.88. The van der Waals surface area contributed by atoms with Crippen molar-refractivity contribution in [3.8, 4) is 5.88 Å². The fourth-order valence-corrected chi connectivity index (χ4v) is 3.62. The van der Waals surface area contributed by atoms with Gasteiger partial charge in [0.05, 0.1) is 24.4 Å². The van der Waals surface area contributed by atoms with E-state index in [2.05, 4.69) is 10.3 Å². The largest absolute Gasteiger partial charge is 0.481 e. The number of carbonyl (C=O) groups is 1. The molecule has 1 aliphatic carbocycles. The van der Waals surface area contributed by atoms with Crippen LogP contribution in [0.25, 0.3) is 0 Å². The number of hydrogen-bond donors (Lipinski definition) is 1. The highest BCUT2D eigenvalue weighted by atomic mass is 35.5. The zero-order chi connectivity index (χ0) is 17.2. The minimum Gasteiger partial charge on any atom is -0.481 e. The van der Waals surface area contributed by atoms with Gasteiger partial charge in [-0.15, -0.1) is 0 Å². The van der Waals surface area contributed by atoms with E-state index in [0.717, 1.165) is 36.8 Å². The number of anilines is 1. The van der Waals surface area contributed by atoms with Crippen LogP contribution in [-0.2, 0) is 10.2 Å². The number of aryl methyl sites for hydroxylation is 1. The second-order valence-electron chi connectivity index (χ2n) is 6.30. The molecule has 1 N–H and O–H groups in total. The summed E-state index contributed by atoms with van der Waals surface area (Å²) in [4.78, 5) is 17.3. The maximum Gasteiger partial charge on any atom is 0.235 e. The first-order chi connectivity index (χ1) is 11.5. The van der Waals surface area contributed by atoms with Crippen LogP contribution in [0.15, 0.2) is 36.5 Å². The first-order valence-corrected chi connectivity index (χ1v) is 8.51. The van der Waals surface area contributed by atoms with Crippen molar-refractivity contribution in [2.75, 3.05) is 12.4 Å². The lowest BCUT2D eigenvalue weighted by Gasteiger charge is -2.28. The summed E-state index contributed by atoms with van der Waals surface area (Å²) in [6.07, 6.45) is 5.44. The highest BCUT2D eigenvalue weighted by molar-refractivity contribution is 6.30. The highest BCUT2D eigenvalue weighted by Gasteiger charge is 2.42. The molecule has 0 radical (unpaired) electrons. The van der Waals surface area contributed by atoms with Gasteiger partial charge in [0.15, 0.2) is 0 Å². The molecule has 0 aliphatic heterocycles. The Morgan fingerprint density at radius 2 is 1.92 bits per heavy atom. The van der Waals surface area contributed by atoms with E-state index in [1.807, 2.05) is 37.3 Å². The number of methoxy groups -OCH3 is 1. The average Bonchev–Trinajstić information content (AvgIpc) is 3.07. The van der Waals surface area contributed by atoms with Gasteiger partial charge < -0.3 is 10.1 Å². The molecule has 1 aromatic carbocycles. The van der Waals surface area contributed by atoms with Crippen LogP contribution in [0.2, 0.25) is 5.02 Å². The Bertz CT molecular complexity index is 738. The van der Waals surface area contributed by atoms with E-state index in [9.17, 15) is 4.79 Å². The van der Waals surface area contributed by atoms with Gasteiger partial charge in [0.25, 0.3) is 0 Å². The van der Waals surface area contributed by atoms with E-state index in [1.54, 1.807) is 13.3 Å². The molecule has 2 aromatic rings. The lowest BCUT2D eigenvalue weighted by atomic mass is 9.78. The molecule has 0 saturated heterocycles. The molecule has 0 unspecified atom stereocenters. The van der Waals surface area contributed by atoms with E-state index in [1.165, 1.54) is 0 Å². The predicted molar refractivity (Wildman–Crippen MR) is 95.8 cm³/mol. The van der Waals surface area contributed by atoms with Gasteiger partial charge >= 0.3 is 0 Å². The standard InChI is InChI=1S/C19H21ClN2O2/c1-13-11-16(12-21-17(13)24-2)22-18(23)19(9-3-4-10-19)14-5-7-15(20)8-6-14/h5-8,11-12H,3-4,9-10H2,1-2H3,(H,22,23). The number of rotatable bonds is 4. The lowest BCUT2D eigenvalue weighted by molar-refractivity contribution is -0.121. The third kappa shape index (κ3) is 3.11. The fraction of sp³-hybridized carbons (Fsp3) is 0.368. The van der Waals surface area contributed by atoms with Gasteiger partial charge in [0.1, 0.15) is 0 Å². The molecular weight excluding hydrogens is 324 g/mol. The van der Waals surface area contributed by atoms with Gasteiger partial charge in [-0.3, -0.25) is 4.79 Å². The minimum atomic E-state index is -0.488. The number of benzene rings is 1. The van der Waals surface area contributed by atoms with Crippen molar-refractivity contribution in [1.82, 2.24) is 4.98 Å². The molecular formula is C19H21ClN2O2. The first-order valence-electron chi connectivity index (χ1n) is 8.13. The van der Waals surface area contributed by atoms with Crippen LogP contribution < -0.4 is 10.1 Å². The van der Waals surface area contributed by atoms with Crippen LogP contribution in [0.3, 0.4) is 0 Å². The Kier molecular flexibility index (Phi) is 4.76. The number of nitrogens with one attached hydrogen (secondary N) is 1. The van der Waals surface area contributed by atoms with Gasteiger partial charge in [-0.2, -0.15) is 0 Å². The van der Waals surface area contributed by atoms with E-state index in [0.29, 0.717) is 16.6 Å². The summed E-state index contributed by atoms with van der Waals surface area (Å²) in [5.74, 6) is 0.593. The number of amides is 1. The van der Waals surface area contributed by atoms with Crippen LogP contribution in [-0.4, -0.2) is 18.0 Å². The molecule has 0 spiro atoms. The topological polar surface area (TPSA) is 51.2 Å². The lowest BCUT2D eigenvalue weighted by Crippen LogP contribution is -2.38. The van der Waals surface area contributed by atoms with Crippen molar-refractivity contribution in [2.24, 2.45) is 0 Å². The molecule has 24 heavy (non-hydrogen) atoms. The third-order valence-corrected chi connectivity index (χ3v) is 5.02. The zero-order valence-electron chi connectivity index (χ0n) is 13.9. The molecule has 1 amide bonds. The fourth-order valence-electron chi connectivity index (χ4n) is 3.49. The Morgan fingerprint density at radius 3 is 2.50 bits per heavy atom. The van der Waals surface area contributed by atoms with Gasteiger partial charge in [-0.25, -0.2) is 4.98 Å². The Hall–Kier alpha value is -2.07. The van der Waals surface area contributed by atoms with Crippen LogP contribution in [0, 0.1) is 6.92 Å². The maximum absolute atomic E-state index is 13.1. The van der Waals surface area contributed by atoms with E-state index < -0.39 is 5.41 Å². The molecule has 1 heterocycles. The molecule has 126 valence electrons. The van der Waals surface area contributed by atoms with Crippen LogP contribution >= 0.6 is 11.6 Å². The summed E-state index contributed by atoms with van der Waals surface area (Å²) >= 11 is 6.00. The molecule has 1 aliphatic rings. The van der Waals surface area contributed by atoms with Crippen molar-refractivity contribution in [3.63, 3.8) is 0 Å². The predicted octanol–water partition coefficient (Wildman–Crippen LogP) is 4.50. The van der Waals surface area contributed by atoms with Crippen molar-refractivity contribution in [2.45, 2.75) is 38.0 Å². The van der Waals surface area contributed by atoms with Crippen LogP contribution in [0.4, 0.5) is 5.69 Å². The summed E-state index contributed by atoms with van der Waals surface area (Å²) in [7, 11) is 1.58. The van der Waals surface area contributed by atoms with Gasteiger partial charge in [0, 0.05) is 10.6 Å². The number of pyridine rings is 1. The normalized spacial score (nSPS) is 16.0. The molecule has 3 rings (SSSR count). The van der Waals surface area contributed by atoms with E-state index in [4.69, 9.17) is 16.3 Å². The van der Waals surface area contributed by atoms with E-state index in [-0.39, 0.29) is 5.91 Å². The molecule has 5 heteroatoms. The molecule has 1 fully saturated rings. The Labute approximate surface area is 147 Å². The first kappa shape index (κ1) is 16.8. The maximum atomic E-state index is 13.1. The Morgan fingerprint density at radius 1 is 1.25 bits per heavy atom. The van der Waals surface area contributed by atoms with Crippen molar-refractivity contribution in [1.29, 1.82) is 0 Å². The van der Waals surface area contributed by atoms with Gasteiger partial charge in [-0.05, 0) is 43.5 Å². The molecule has 4 nitrogen and oxygen atoms in total. The minimum absolute atomic E-state index is 0.0219. The SMILES string of the molecule is COc1ncc(NC(=O)C2(c3ccc(Cl)cc3)CCCC2)cc1C. The summed E-state index contributed by atoms with van der Waals surface area (Å²) in [5.41, 5.74) is 2.12. The van der Waals surface area contributed by atoms with Gasteiger partial charge in [-0.1, -0.05) is 36.6 Å². The summed E-state index contributed by atoms with van der Waals surface area (Å²) in [6.45, 7) is 1.91. The van der Waals surface area contributed by atoms with Crippen molar-refractivity contribution in [3.05, 3.63) is 52.7 Å². The summed E-state index contributed by atoms with van der Waals surface area (Å²) in [6, 6.07) is 9.51. The van der Waals surface area contributed by atoms with Gasteiger partial charge in [0.2, 0.25) is 11.8 Å². The second-order valence-corrected chi connectivity index (χ2v) is 6.74. The number of aromatic nitrogens is 1. The number of carbonyl (C=O) groups excluding carboxylic acids is 1. The second kappa shape index (κ2) is 6.81. The number of ether oxygens (including phenoxy) is 1. The molecule has 1 saturated carbocycles. The molecule has 1 aromatic heterocycles. The van der Waals surface area contributed by atoms with E-state index >= 15 is 0 Å². The average molecular weight is 345 g/mol. The monoisotopic (exact) mass is 344 g/mol. The summed E-state index contributed by atoms with van der Waals surface area (Å²) in [5, 5.41) is 3.72. The number of nitrogens with zero attached hydrogens (tertiary/aromatic N) is 1. The summed E-state index contributed by atoms with van der Waals surface area (Å²) < 4.78 is 5.17. The molecule has 0 bridgehead atoms. The smallest absolute Gasteiger partial charge is 0.235 e. The number of hydrogen-bond acceptors (Lipinski definition) is 3. The third-order valence-electron chi connectivity index (χ3n) is 4.77. The van der Waals surface area contributed by atoms with Crippen molar-refractivity contribution < 1.29 is 9.53 Å². The highest BCUT2D eigenvalue weighted by Crippen LogP contribution is 2.42. The molecule has 0 atom stereocenters. The van der Waals surface area contributed by atoms with Crippen LogP contribution in [0.1, 0.15) is 36.8 Å². The van der Waals surface area contributed by atoms with Crippen LogP contribution in [0.5, 0.6) is 5.88 Å². The number of halogens is 1. The quantitative estimate of drug-likeness (QED) is 0.888. The zero-order valence-corrected chi connectivity index (χ0v) is 14.7. The van der Waals surface area contributed by atoms with Crippen molar-refractivity contribution >= 4 is 23.2 Å².